The molecule has 0 spiro atoms. The van der Waals surface area contributed by atoms with Gasteiger partial charge in [0.25, 0.3) is 5.52 Å². The minimum absolute atomic E-state index is 0.155. The van der Waals surface area contributed by atoms with Crippen LogP contribution in [-0.4, -0.2) is 42.5 Å². The zero-order chi connectivity index (χ0) is 21.8. The molecule has 158 valence electrons. The van der Waals surface area contributed by atoms with Crippen LogP contribution in [0.2, 0.25) is 0 Å². The maximum Gasteiger partial charge on any atom is 0.385 e. The number of fused-ring (bicyclic) bond motifs is 1. The summed E-state index contributed by atoms with van der Waals surface area (Å²) in [5.41, 5.74) is 7.68. The molecule has 2 aromatic carbocycles. The number of benzene rings is 2. The van der Waals surface area contributed by atoms with Crippen LogP contribution in [0.4, 0.5) is 5.82 Å². The van der Waals surface area contributed by atoms with E-state index in [0.717, 1.165) is 38.3 Å². The maximum absolute atomic E-state index is 12.5. The van der Waals surface area contributed by atoms with Crippen LogP contribution in [0, 0.1) is 21.7 Å². The Bertz CT molecular complexity index is 1150. The maximum atomic E-state index is 12.5. The van der Waals surface area contributed by atoms with Gasteiger partial charge >= 0.3 is 11.5 Å². The van der Waals surface area contributed by atoms with Gasteiger partial charge in [-0.2, -0.15) is 5.26 Å². The van der Waals surface area contributed by atoms with Gasteiger partial charge in [-0.15, -0.1) is 4.73 Å². The first-order valence-corrected chi connectivity index (χ1v) is 10.2. The average molecular weight is 416 g/mol. The number of rotatable bonds is 5. The second-order valence-electron chi connectivity index (χ2n) is 7.65. The highest BCUT2D eigenvalue weighted by Gasteiger charge is 2.24. The molecule has 2 N–H and O–H groups in total. The zero-order valence-corrected chi connectivity index (χ0v) is 17.1. The first kappa shape index (κ1) is 20.6. The molecule has 4 rings (SSSR count). The normalized spacial score (nSPS) is 15.5. The molecule has 8 nitrogen and oxygen atoms in total. The summed E-state index contributed by atoms with van der Waals surface area (Å²) in [5, 5.41) is 33.8. The Balaban J connectivity index is 1.38. The first-order valence-electron chi connectivity index (χ1n) is 10.2. The summed E-state index contributed by atoms with van der Waals surface area (Å²) in [6, 6.07) is 17.1. The topological polar surface area (TPSA) is 110 Å². The second kappa shape index (κ2) is 9.00. The molecule has 1 aliphatic heterocycles. The van der Waals surface area contributed by atoms with E-state index in [-0.39, 0.29) is 22.5 Å². The van der Waals surface area contributed by atoms with Gasteiger partial charge in [0.2, 0.25) is 5.52 Å². The van der Waals surface area contributed by atoms with Gasteiger partial charge in [-0.25, -0.2) is 4.73 Å². The SMILES string of the molecule is N#Cc1c(N)[n+]([O-])c2ccc(CN3CCN(C/C=C/c4ccccc4)CC3)cc2[n+]1[O-]. The Hall–Kier alpha value is -3.67. The molecule has 0 bridgehead atoms. The average Bonchev–Trinajstić information content (AvgIpc) is 2.80. The Morgan fingerprint density at radius 3 is 2.39 bits per heavy atom. The zero-order valence-electron chi connectivity index (χ0n) is 17.1. The lowest BCUT2D eigenvalue weighted by Crippen LogP contribution is -2.46. The highest BCUT2D eigenvalue weighted by Crippen LogP contribution is 2.15. The summed E-state index contributed by atoms with van der Waals surface area (Å²) in [4.78, 5) is 4.73. The van der Waals surface area contributed by atoms with Crippen molar-refractivity contribution in [1.29, 1.82) is 5.26 Å². The predicted molar refractivity (Wildman–Crippen MR) is 118 cm³/mol. The smallest absolute Gasteiger partial charge is 0.385 e. The number of aromatic nitrogens is 2. The van der Waals surface area contributed by atoms with E-state index in [1.165, 1.54) is 5.56 Å². The third-order valence-corrected chi connectivity index (χ3v) is 5.59. The molecule has 0 saturated carbocycles. The summed E-state index contributed by atoms with van der Waals surface area (Å²) >= 11 is 0. The van der Waals surface area contributed by atoms with Crippen molar-refractivity contribution >= 4 is 22.9 Å². The van der Waals surface area contributed by atoms with E-state index in [1.807, 2.05) is 24.3 Å². The predicted octanol–water partition coefficient (Wildman–Crippen LogP) is 1.39. The lowest BCUT2D eigenvalue weighted by molar-refractivity contribution is -0.620. The number of anilines is 1. The van der Waals surface area contributed by atoms with E-state index in [2.05, 4.69) is 34.1 Å². The standard InChI is InChI=1S/C23H24N6O2/c24-16-22-23(25)29(31)20-9-8-19(15-21(20)28(22)30)17-27-13-11-26(12-14-27)10-4-7-18-5-2-1-3-6-18/h1-9,15H,10-14,17,25H2/b7-4+. The van der Waals surface area contributed by atoms with E-state index >= 15 is 0 Å². The molecule has 1 fully saturated rings. The van der Waals surface area contributed by atoms with E-state index in [9.17, 15) is 10.4 Å². The Labute approximate surface area is 180 Å². The Morgan fingerprint density at radius 1 is 0.968 bits per heavy atom. The van der Waals surface area contributed by atoms with Gasteiger partial charge in [0.1, 0.15) is 0 Å². The summed E-state index contributed by atoms with van der Waals surface area (Å²) in [7, 11) is 0. The molecule has 8 heteroatoms. The lowest BCUT2D eigenvalue weighted by atomic mass is 10.1. The molecule has 1 aliphatic rings. The van der Waals surface area contributed by atoms with Crippen LogP contribution in [0.15, 0.2) is 54.6 Å². The van der Waals surface area contributed by atoms with E-state index in [1.54, 1.807) is 18.2 Å². The molecule has 0 atom stereocenters. The largest absolute Gasteiger partial charge is 0.710 e. The number of hydrogen-bond donors (Lipinski definition) is 1. The van der Waals surface area contributed by atoms with Gasteiger partial charge < -0.3 is 10.4 Å². The van der Waals surface area contributed by atoms with Crippen LogP contribution in [0.5, 0.6) is 0 Å². The second-order valence-corrected chi connectivity index (χ2v) is 7.65. The molecular weight excluding hydrogens is 392 g/mol. The minimum Gasteiger partial charge on any atom is -0.710 e. The molecule has 1 saturated heterocycles. The molecule has 0 unspecified atom stereocenters. The number of nitrogens with zero attached hydrogens (tertiary/aromatic N) is 5. The van der Waals surface area contributed by atoms with E-state index in [4.69, 9.17) is 11.0 Å². The van der Waals surface area contributed by atoms with Crippen molar-refractivity contribution in [2.45, 2.75) is 6.54 Å². The minimum atomic E-state index is -0.379. The molecule has 2 heterocycles. The highest BCUT2D eigenvalue weighted by atomic mass is 16.5. The van der Waals surface area contributed by atoms with Crippen molar-refractivity contribution in [1.82, 2.24) is 9.80 Å². The molecule has 31 heavy (non-hydrogen) atoms. The summed E-state index contributed by atoms with van der Waals surface area (Å²) < 4.78 is 0.882. The van der Waals surface area contributed by atoms with Crippen LogP contribution in [-0.2, 0) is 6.54 Å². The van der Waals surface area contributed by atoms with Crippen molar-refractivity contribution in [2.24, 2.45) is 0 Å². The molecule has 0 aliphatic carbocycles. The van der Waals surface area contributed by atoms with Crippen LogP contribution >= 0.6 is 0 Å². The number of nitriles is 1. The van der Waals surface area contributed by atoms with Gasteiger partial charge in [0, 0.05) is 45.3 Å². The quantitative estimate of drug-likeness (QED) is 0.497. The van der Waals surface area contributed by atoms with Gasteiger partial charge in [-0.1, -0.05) is 48.6 Å². The van der Waals surface area contributed by atoms with Crippen molar-refractivity contribution in [2.75, 3.05) is 38.5 Å². The van der Waals surface area contributed by atoms with Crippen molar-refractivity contribution in [3.8, 4) is 6.07 Å². The van der Waals surface area contributed by atoms with Crippen LogP contribution < -0.4 is 15.2 Å². The van der Waals surface area contributed by atoms with Gasteiger partial charge in [0.05, 0.1) is 0 Å². The Kier molecular flexibility index (Phi) is 5.98. The number of nitrogens with two attached hydrogens (primary N) is 1. The lowest BCUT2D eigenvalue weighted by Gasteiger charge is -2.34. The first-order chi connectivity index (χ1) is 15.1. The fraction of sp³-hybridized carbons (Fsp3) is 0.261. The van der Waals surface area contributed by atoms with E-state index < -0.39 is 0 Å². The van der Waals surface area contributed by atoms with Gasteiger partial charge in [0.15, 0.2) is 6.07 Å². The summed E-state index contributed by atoms with van der Waals surface area (Å²) in [5.74, 6) is -0.379. The van der Waals surface area contributed by atoms with Crippen molar-refractivity contribution in [3.63, 3.8) is 0 Å². The number of hydrogen-bond acceptors (Lipinski definition) is 6. The highest BCUT2D eigenvalue weighted by molar-refractivity contribution is 5.70. The molecule has 3 aromatic rings. The fourth-order valence-electron chi connectivity index (χ4n) is 3.85. The van der Waals surface area contributed by atoms with Crippen LogP contribution in [0.1, 0.15) is 16.8 Å². The van der Waals surface area contributed by atoms with Gasteiger partial charge in [-0.3, -0.25) is 15.5 Å². The van der Waals surface area contributed by atoms with Crippen LogP contribution in [0.3, 0.4) is 0 Å². The Morgan fingerprint density at radius 2 is 1.68 bits per heavy atom. The fourth-order valence-corrected chi connectivity index (χ4v) is 3.85. The van der Waals surface area contributed by atoms with E-state index in [0.29, 0.717) is 16.0 Å². The van der Waals surface area contributed by atoms with Crippen molar-refractivity contribution < 1.29 is 9.46 Å². The van der Waals surface area contributed by atoms with Crippen LogP contribution in [0.25, 0.3) is 17.1 Å². The summed E-state index contributed by atoms with van der Waals surface area (Å²) in [6.07, 6.45) is 4.34. The monoisotopic (exact) mass is 416 g/mol. The number of nitrogen functional groups attached to an aromatic ring is 1. The molecule has 1 aromatic heterocycles. The third kappa shape index (κ3) is 4.43. The third-order valence-electron chi connectivity index (χ3n) is 5.59. The molecule has 0 radical (unpaired) electrons. The summed E-state index contributed by atoms with van der Waals surface area (Å²) in [6.45, 7) is 5.35. The number of piperazine rings is 1. The molecule has 0 amide bonds. The van der Waals surface area contributed by atoms with Crippen molar-refractivity contribution in [3.05, 3.63) is 81.8 Å². The van der Waals surface area contributed by atoms with Gasteiger partial charge in [-0.05, 0) is 17.2 Å². The molecular formula is C23H24N6O2.